The zero-order valence-electron chi connectivity index (χ0n) is 5.23. The molecule has 0 aromatic carbocycles. The number of rotatable bonds is 0. The Balaban J connectivity index is 0. The van der Waals surface area contributed by atoms with Crippen LogP contribution < -0.4 is 11.9 Å². The molecular formula is C5H13N2. The number of hydrogen-bond acceptors (Lipinski definition) is 1. The van der Waals surface area contributed by atoms with E-state index in [2.05, 4.69) is 20.8 Å². The van der Waals surface area contributed by atoms with Crippen LogP contribution in [0.4, 0.5) is 0 Å². The van der Waals surface area contributed by atoms with Crippen LogP contribution in [-0.2, 0) is 0 Å². The lowest BCUT2D eigenvalue weighted by molar-refractivity contribution is 0.428. The quantitative estimate of drug-likeness (QED) is 0.475. The topological polar surface area (TPSA) is 56.5 Å². The maximum Gasteiger partial charge on any atom is 0 e. The Kier molecular flexibility index (Phi) is 4.28. The van der Waals surface area contributed by atoms with Crippen LogP contribution >= 0.6 is 0 Å². The summed E-state index contributed by atoms with van der Waals surface area (Å²) in [6.07, 6.45) is 0. The van der Waals surface area contributed by atoms with Crippen LogP contribution in [-0.4, -0.2) is 6.54 Å². The smallest absolute Gasteiger partial charge is 0 e. The van der Waals surface area contributed by atoms with Crippen molar-refractivity contribution in [3.05, 3.63) is 0 Å². The van der Waals surface area contributed by atoms with Crippen LogP contribution in [0.2, 0.25) is 0 Å². The minimum atomic E-state index is 0. The van der Waals surface area contributed by atoms with Crippen molar-refractivity contribution in [2.24, 2.45) is 11.1 Å². The Morgan fingerprint density at radius 3 is 1.43 bits per heavy atom. The molecule has 0 atom stereocenters. The number of nitrogens with zero attached hydrogens (tertiary/aromatic N) is 1. The highest BCUT2D eigenvalue weighted by Gasteiger charge is 2.03. The Bertz CT molecular complexity index is 35.8. The van der Waals surface area contributed by atoms with Crippen LogP contribution in [0, 0.1) is 5.41 Å². The summed E-state index contributed by atoms with van der Waals surface area (Å²) in [7, 11) is 0. The summed E-state index contributed by atoms with van der Waals surface area (Å²) in [4.78, 5) is 0. The molecule has 0 saturated carbocycles. The minimum absolute atomic E-state index is 0. The van der Waals surface area contributed by atoms with E-state index < -0.39 is 0 Å². The van der Waals surface area contributed by atoms with Crippen LogP contribution in [0.1, 0.15) is 20.8 Å². The summed E-state index contributed by atoms with van der Waals surface area (Å²) in [6.45, 7) is 7.12. The molecule has 0 aromatic heterocycles. The van der Waals surface area contributed by atoms with E-state index in [1.165, 1.54) is 0 Å². The second-order valence-electron chi connectivity index (χ2n) is 2.76. The summed E-state index contributed by atoms with van der Waals surface area (Å²) in [6, 6.07) is 0. The van der Waals surface area contributed by atoms with E-state index in [0.717, 1.165) is 6.54 Å². The molecule has 0 saturated heterocycles. The third kappa shape index (κ3) is 10.7. The molecule has 0 aliphatic rings. The molecule has 0 bridgehead atoms. The second kappa shape index (κ2) is 2.99. The molecule has 0 rings (SSSR count). The van der Waals surface area contributed by atoms with Gasteiger partial charge < -0.3 is 5.73 Å². The van der Waals surface area contributed by atoms with Gasteiger partial charge in [0.2, 0.25) is 0 Å². The first-order valence-corrected chi connectivity index (χ1v) is 2.26. The standard InChI is InChI=1S/C5H13N.N/c1-5(2,3)4-6;/h4,6H2,1-3H3;. The van der Waals surface area contributed by atoms with Gasteiger partial charge in [0.05, 0.1) is 0 Å². The second-order valence-corrected chi connectivity index (χ2v) is 2.76. The van der Waals surface area contributed by atoms with Crippen molar-refractivity contribution < 1.29 is 0 Å². The van der Waals surface area contributed by atoms with Gasteiger partial charge in [-0.3, -0.25) is 0 Å². The van der Waals surface area contributed by atoms with Crippen molar-refractivity contribution in [1.82, 2.24) is 6.15 Å². The van der Waals surface area contributed by atoms with Crippen LogP contribution in [0.5, 0.6) is 0 Å². The molecular weight excluding hydrogens is 88.1 g/mol. The van der Waals surface area contributed by atoms with Crippen molar-refractivity contribution in [2.45, 2.75) is 20.8 Å². The van der Waals surface area contributed by atoms with Crippen LogP contribution in [0.25, 0.3) is 0 Å². The van der Waals surface area contributed by atoms with Crippen molar-refractivity contribution in [2.75, 3.05) is 6.54 Å². The molecule has 2 N–H and O–H groups in total. The van der Waals surface area contributed by atoms with Crippen molar-refractivity contribution in [3.63, 3.8) is 0 Å². The number of nitrogens with two attached hydrogens (primary N) is 1. The molecule has 7 heavy (non-hydrogen) atoms. The zero-order chi connectivity index (χ0) is 5.21. The lowest BCUT2D eigenvalue weighted by atomic mass is 9.98. The van der Waals surface area contributed by atoms with E-state index in [-0.39, 0.29) is 6.15 Å². The van der Waals surface area contributed by atoms with Gasteiger partial charge in [-0.25, -0.2) is 0 Å². The van der Waals surface area contributed by atoms with E-state index >= 15 is 0 Å². The first kappa shape index (κ1) is 10.0. The fourth-order valence-corrected chi connectivity index (χ4v) is 0. The highest BCUT2D eigenvalue weighted by atomic mass is 14.6. The zero-order valence-corrected chi connectivity index (χ0v) is 5.23. The highest BCUT2D eigenvalue weighted by molar-refractivity contribution is 4.59. The summed E-state index contributed by atoms with van der Waals surface area (Å²) in [5.74, 6) is 0. The van der Waals surface area contributed by atoms with Gasteiger partial charge in [0.1, 0.15) is 0 Å². The van der Waals surface area contributed by atoms with E-state index in [0.29, 0.717) is 5.41 Å². The van der Waals surface area contributed by atoms with E-state index in [1.54, 1.807) is 0 Å². The SMILES string of the molecule is CC(C)(C)CN.[N]. The fraction of sp³-hybridized carbons (Fsp3) is 1.00. The van der Waals surface area contributed by atoms with Gasteiger partial charge >= 0.3 is 0 Å². The Morgan fingerprint density at radius 2 is 1.43 bits per heavy atom. The van der Waals surface area contributed by atoms with Gasteiger partial charge in [0.15, 0.2) is 0 Å². The Labute approximate surface area is 45.7 Å². The van der Waals surface area contributed by atoms with Crippen molar-refractivity contribution >= 4 is 0 Å². The van der Waals surface area contributed by atoms with Crippen LogP contribution in [0.15, 0.2) is 0 Å². The summed E-state index contributed by atoms with van der Waals surface area (Å²) < 4.78 is 0. The third-order valence-corrected chi connectivity index (χ3v) is 0.612. The van der Waals surface area contributed by atoms with Crippen molar-refractivity contribution in [3.8, 4) is 0 Å². The third-order valence-electron chi connectivity index (χ3n) is 0.612. The molecule has 0 unspecified atom stereocenters. The molecule has 0 amide bonds. The molecule has 2 heteroatoms. The predicted octanol–water partition coefficient (Wildman–Crippen LogP) is 0.511. The summed E-state index contributed by atoms with van der Waals surface area (Å²) >= 11 is 0. The van der Waals surface area contributed by atoms with E-state index in [4.69, 9.17) is 5.73 Å². The first-order valence-electron chi connectivity index (χ1n) is 2.26. The van der Waals surface area contributed by atoms with Gasteiger partial charge in [0.25, 0.3) is 0 Å². The molecule has 2 nitrogen and oxygen atoms in total. The summed E-state index contributed by atoms with van der Waals surface area (Å²) in [5.41, 5.74) is 5.62. The highest BCUT2D eigenvalue weighted by Crippen LogP contribution is 2.07. The molecule has 0 aliphatic heterocycles. The van der Waals surface area contributed by atoms with E-state index in [9.17, 15) is 0 Å². The minimum Gasteiger partial charge on any atom is -0.330 e. The Hall–Kier alpha value is -0.0800. The maximum atomic E-state index is 5.31. The summed E-state index contributed by atoms with van der Waals surface area (Å²) in [5, 5.41) is 0. The Morgan fingerprint density at radius 1 is 1.29 bits per heavy atom. The largest absolute Gasteiger partial charge is 0.330 e. The molecule has 43 valence electrons. The van der Waals surface area contributed by atoms with Gasteiger partial charge in [-0.1, -0.05) is 20.8 Å². The molecule has 0 aliphatic carbocycles. The monoisotopic (exact) mass is 101 g/mol. The lowest BCUT2D eigenvalue weighted by Crippen LogP contribution is -2.18. The molecule has 3 radical (unpaired) electrons. The molecule has 0 fully saturated rings. The van der Waals surface area contributed by atoms with Gasteiger partial charge in [-0.15, -0.1) is 0 Å². The van der Waals surface area contributed by atoms with Gasteiger partial charge in [-0.05, 0) is 12.0 Å². The lowest BCUT2D eigenvalue weighted by Gasteiger charge is -2.12. The maximum absolute atomic E-state index is 5.31. The van der Waals surface area contributed by atoms with Crippen molar-refractivity contribution in [1.29, 1.82) is 0 Å². The van der Waals surface area contributed by atoms with Crippen LogP contribution in [0.3, 0.4) is 0 Å². The van der Waals surface area contributed by atoms with Gasteiger partial charge in [-0.2, -0.15) is 0 Å². The first-order chi connectivity index (χ1) is 2.56. The van der Waals surface area contributed by atoms with Gasteiger partial charge in [0, 0.05) is 6.15 Å². The normalized spacial score (nSPS) is 10.3. The fourth-order valence-electron chi connectivity index (χ4n) is 0. The number of hydrogen-bond donors (Lipinski definition) is 1. The van der Waals surface area contributed by atoms with E-state index in [1.807, 2.05) is 0 Å². The molecule has 0 aromatic rings. The molecule has 0 spiro atoms. The molecule has 0 heterocycles. The average molecular weight is 101 g/mol. The average Bonchev–Trinajstić information content (AvgIpc) is 1.35. The predicted molar refractivity (Wildman–Crippen MR) is 30.6 cm³/mol.